The molecule has 6 heteroatoms. The smallest absolute Gasteiger partial charge is 0.234 e. The van der Waals surface area contributed by atoms with Crippen LogP contribution in [-0.2, 0) is 4.79 Å². The SMILES string of the molecule is CN1CCN=C1SCC(=O)Nc1ccc(F)cc1. The summed E-state index contributed by atoms with van der Waals surface area (Å²) in [6.07, 6.45) is 0. The lowest BCUT2D eigenvalue weighted by molar-refractivity contribution is -0.113. The van der Waals surface area contributed by atoms with Crippen LogP contribution in [0.15, 0.2) is 29.3 Å². The van der Waals surface area contributed by atoms with Gasteiger partial charge in [-0.2, -0.15) is 0 Å². The topological polar surface area (TPSA) is 44.7 Å². The summed E-state index contributed by atoms with van der Waals surface area (Å²) in [7, 11) is 1.96. The van der Waals surface area contributed by atoms with Crippen LogP contribution in [0.25, 0.3) is 0 Å². The van der Waals surface area contributed by atoms with Crippen LogP contribution >= 0.6 is 11.8 Å². The third-order valence-electron chi connectivity index (χ3n) is 2.47. The Hall–Kier alpha value is -1.56. The van der Waals surface area contributed by atoms with Crippen molar-refractivity contribution < 1.29 is 9.18 Å². The van der Waals surface area contributed by atoms with Crippen LogP contribution in [0.3, 0.4) is 0 Å². The number of amidine groups is 1. The number of amides is 1. The molecular formula is C12H14FN3OS. The minimum atomic E-state index is -0.315. The average Bonchev–Trinajstić information content (AvgIpc) is 2.75. The van der Waals surface area contributed by atoms with Crippen molar-refractivity contribution in [2.45, 2.75) is 0 Å². The summed E-state index contributed by atoms with van der Waals surface area (Å²) in [5.74, 6) is -0.125. The number of aliphatic imine (C=N–C) groups is 1. The second-order valence-electron chi connectivity index (χ2n) is 3.93. The first kappa shape index (κ1) is 12.9. The first-order valence-electron chi connectivity index (χ1n) is 5.59. The third-order valence-corrected chi connectivity index (χ3v) is 3.57. The van der Waals surface area contributed by atoms with Crippen molar-refractivity contribution in [2.75, 3.05) is 31.2 Å². The summed E-state index contributed by atoms with van der Waals surface area (Å²) in [5.41, 5.74) is 0.601. The molecule has 0 radical (unpaired) electrons. The van der Waals surface area contributed by atoms with Crippen LogP contribution in [0, 0.1) is 5.82 Å². The van der Waals surface area contributed by atoms with Crippen molar-refractivity contribution in [2.24, 2.45) is 4.99 Å². The Kier molecular flexibility index (Phi) is 4.19. The van der Waals surface area contributed by atoms with Crippen molar-refractivity contribution in [1.82, 2.24) is 4.90 Å². The van der Waals surface area contributed by atoms with Gasteiger partial charge in [0.1, 0.15) is 5.82 Å². The number of halogens is 1. The first-order chi connectivity index (χ1) is 8.65. The molecule has 0 spiro atoms. The van der Waals surface area contributed by atoms with Crippen LogP contribution in [0.2, 0.25) is 0 Å². The van der Waals surface area contributed by atoms with Crippen molar-refractivity contribution in [3.63, 3.8) is 0 Å². The summed E-state index contributed by atoms with van der Waals surface area (Å²) in [4.78, 5) is 18.0. The summed E-state index contributed by atoms with van der Waals surface area (Å²) in [6.45, 7) is 1.69. The zero-order chi connectivity index (χ0) is 13.0. The van der Waals surface area contributed by atoms with Crippen LogP contribution in [0.4, 0.5) is 10.1 Å². The number of likely N-dealkylation sites (N-methyl/N-ethyl adjacent to an activating group) is 1. The highest BCUT2D eigenvalue weighted by Gasteiger charge is 2.14. The van der Waals surface area contributed by atoms with E-state index in [0.29, 0.717) is 11.4 Å². The largest absolute Gasteiger partial charge is 0.353 e. The molecule has 0 fully saturated rings. The number of hydrogen-bond donors (Lipinski definition) is 1. The molecule has 0 unspecified atom stereocenters. The molecular weight excluding hydrogens is 253 g/mol. The van der Waals surface area contributed by atoms with E-state index in [4.69, 9.17) is 0 Å². The van der Waals surface area contributed by atoms with Gasteiger partial charge in [0.2, 0.25) is 5.91 Å². The highest BCUT2D eigenvalue weighted by atomic mass is 32.2. The second-order valence-corrected chi connectivity index (χ2v) is 4.87. The molecule has 1 aliphatic heterocycles. The molecule has 4 nitrogen and oxygen atoms in total. The molecule has 1 heterocycles. The molecule has 1 aromatic carbocycles. The average molecular weight is 267 g/mol. The van der Waals surface area contributed by atoms with Crippen molar-refractivity contribution in [3.8, 4) is 0 Å². The minimum absolute atomic E-state index is 0.116. The number of thioether (sulfide) groups is 1. The fourth-order valence-electron chi connectivity index (χ4n) is 1.53. The van der Waals surface area contributed by atoms with Crippen molar-refractivity contribution in [3.05, 3.63) is 30.1 Å². The summed E-state index contributed by atoms with van der Waals surface area (Å²) < 4.78 is 12.7. The number of carbonyl (C=O) groups is 1. The first-order valence-corrected chi connectivity index (χ1v) is 6.57. The standard InChI is InChI=1S/C12H14FN3OS/c1-16-7-6-14-12(16)18-8-11(17)15-10-4-2-9(13)3-5-10/h2-5H,6-8H2,1H3,(H,15,17). The summed E-state index contributed by atoms with van der Waals surface area (Å²) in [5, 5.41) is 3.60. The Morgan fingerprint density at radius 1 is 1.50 bits per heavy atom. The summed E-state index contributed by atoms with van der Waals surface area (Å²) >= 11 is 1.41. The molecule has 0 atom stereocenters. The Labute approximate surface area is 109 Å². The van der Waals surface area contributed by atoms with E-state index in [-0.39, 0.29) is 11.7 Å². The fourth-order valence-corrected chi connectivity index (χ4v) is 2.35. The molecule has 96 valence electrons. The Balaban J connectivity index is 1.80. The molecule has 0 saturated heterocycles. The molecule has 2 rings (SSSR count). The van der Waals surface area contributed by atoms with Gasteiger partial charge in [-0.25, -0.2) is 4.39 Å². The van der Waals surface area contributed by atoms with E-state index in [0.717, 1.165) is 18.3 Å². The van der Waals surface area contributed by atoms with Gasteiger partial charge in [0.15, 0.2) is 5.17 Å². The van der Waals surface area contributed by atoms with Gasteiger partial charge < -0.3 is 10.2 Å². The van der Waals surface area contributed by atoms with Crippen molar-refractivity contribution in [1.29, 1.82) is 0 Å². The van der Waals surface area contributed by atoms with Gasteiger partial charge in [-0.3, -0.25) is 9.79 Å². The lowest BCUT2D eigenvalue weighted by Crippen LogP contribution is -2.22. The van der Waals surface area contributed by atoms with Gasteiger partial charge in [0.05, 0.1) is 12.3 Å². The number of benzene rings is 1. The number of hydrogen-bond acceptors (Lipinski definition) is 4. The lowest BCUT2D eigenvalue weighted by Gasteiger charge is -2.12. The van der Waals surface area contributed by atoms with E-state index in [9.17, 15) is 9.18 Å². The molecule has 0 aliphatic carbocycles. The maximum absolute atomic E-state index is 12.7. The zero-order valence-electron chi connectivity index (χ0n) is 10.0. The molecule has 1 amide bonds. The van der Waals surface area contributed by atoms with Gasteiger partial charge in [-0.15, -0.1) is 0 Å². The van der Waals surface area contributed by atoms with Crippen LogP contribution in [-0.4, -0.2) is 41.9 Å². The molecule has 1 aromatic rings. The quantitative estimate of drug-likeness (QED) is 0.908. The molecule has 0 bridgehead atoms. The van der Waals surface area contributed by atoms with E-state index in [1.165, 1.54) is 36.0 Å². The van der Waals surface area contributed by atoms with Gasteiger partial charge >= 0.3 is 0 Å². The van der Waals surface area contributed by atoms with Gasteiger partial charge in [-0.05, 0) is 24.3 Å². The normalized spacial score (nSPS) is 14.6. The number of carbonyl (C=O) groups excluding carboxylic acids is 1. The highest BCUT2D eigenvalue weighted by Crippen LogP contribution is 2.13. The molecule has 18 heavy (non-hydrogen) atoms. The Bertz CT molecular complexity index is 461. The fraction of sp³-hybridized carbons (Fsp3) is 0.333. The highest BCUT2D eigenvalue weighted by molar-refractivity contribution is 8.14. The maximum Gasteiger partial charge on any atom is 0.234 e. The Morgan fingerprint density at radius 2 is 2.22 bits per heavy atom. The van der Waals surface area contributed by atoms with Crippen LogP contribution < -0.4 is 5.32 Å². The van der Waals surface area contributed by atoms with E-state index in [2.05, 4.69) is 10.3 Å². The summed E-state index contributed by atoms with van der Waals surface area (Å²) in [6, 6.07) is 5.71. The monoisotopic (exact) mass is 267 g/mol. The van der Waals surface area contributed by atoms with E-state index in [1.54, 1.807) is 0 Å². The third kappa shape index (κ3) is 3.46. The van der Waals surface area contributed by atoms with Gasteiger partial charge in [0.25, 0.3) is 0 Å². The van der Waals surface area contributed by atoms with E-state index < -0.39 is 0 Å². The Morgan fingerprint density at radius 3 is 2.83 bits per heavy atom. The van der Waals surface area contributed by atoms with Crippen LogP contribution in [0.5, 0.6) is 0 Å². The van der Waals surface area contributed by atoms with Gasteiger partial charge in [0, 0.05) is 19.3 Å². The molecule has 1 aliphatic rings. The van der Waals surface area contributed by atoms with Crippen LogP contribution in [0.1, 0.15) is 0 Å². The predicted octanol–water partition coefficient (Wildman–Crippen LogP) is 1.80. The lowest BCUT2D eigenvalue weighted by atomic mass is 10.3. The molecule has 0 aromatic heterocycles. The van der Waals surface area contributed by atoms with Crippen molar-refractivity contribution >= 4 is 28.5 Å². The van der Waals surface area contributed by atoms with Gasteiger partial charge in [-0.1, -0.05) is 11.8 Å². The minimum Gasteiger partial charge on any atom is -0.353 e. The molecule has 0 saturated carbocycles. The number of rotatable bonds is 3. The van der Waals surface area contributed by atoms with E-state index >= 15 is 0 Å². The predicted molar refractivity (Wildman–Crippen MR) is 72.4 cm³/mol. The number of anilines is 1. The number of nitrogens with one attached hydrogen (secondary N) is 1. The maximum atomic E-state index is 12.7. The second kappa shape index (κ2) is 5.86. The number of nitrogens with zero attached hydrogens (tertiary/aromatic N) is 2. The molecule has 1 N–H and O–H groups in total. The zero-order valence-corrected chi connectivity index (χ0v) is 10.8. The van der Waals surface area contributed by atoms with E-state index in [1.807, 2.05) is 11.9 Å².